The number of hydrogen-bond acceptors (Lipinski definition) is 3. The molecule has 0 radical (unpaired) electrons. The Morgan fingerprint density at radius 2 is 2.00 bits per heavy atom. The molecule has 0 fully saturated rings. The minimum absolute atomic E-state index is 0.0451. The van der Waals surface area contributed by atoms with E-state index in [4.69, 9.17) is 5.84 Å². The Kier molecular flexibility index (Phi) is 3.99. The number of benzene rings is 1. The first kappa shape index (κ1) is 12.8. The molecule has 1 unspecified atom stereocenters. The van der Waals surface area contributed by atoms with E-state index < -0.39 is 0 Å². The van der Waals surface area contributed by atoms with E-state index in [2.05, 4.69) is 65.5 Å². The lowest BCUT2D eigenvalue weighted by Crippen LogP contribution is -2.28. The molecule has 4 heteroatoms. The molecule has 0 amide bonds. The van der Waals surface area contributed by atoms with Crippen LogP contribution in [0.4, 0.5) is 0 Å². The van der Waals surface area contributed by atoms with Crippen molar-refractivity contribution in [1.29, 1.82) is 0 Å². The van der Waals surface area contributed by atoms with Crippen LogP contribution in [0.1, 0.15) is 26.9 Å². The van der Waals surface area contributed by atoms with Crippen LogP contribution in [0.15, 0.2) is 34.8 Å². The van der Waals surface area contributed by atoms with Crippen molar-refractivity contribution in [3.8, 4) is 0 Å². The van der Waals surface area contributed by atoms with Crippen LogP contribution < -0.4 is 11.3 Å². The molecular formula is C13H15BrN2S. The van der Waals surface area contributed by atoms with Crippen molar-refractivity contribution < 1.29 is 0 Å². The second-order valence-corrected chi connectivity index (χ2v) is 6.25. The second kappa shape index (κ2) is 5.31. The van der Waals surface area contributed by atoms with Gasteiger partial charge in [-0.3, -0.25) is 5.84 Å². The predicted molar refractivity (Wildman–Crippen MR) is 77.1 cm³/mol. The van der Waals surface area contributed by atoms with Gasteiger partial charge in [0.2, 0.25) is 0 Å². The van der Waals surface area contributed by atoms with Gasteiger partial charge in [0.25, 0.3) is 0 Å². The lowest BCUT2D eigenvalue weighted by molar-refractivity contribution is 0.644. The first-order chi connectivity index (χ1) is 8.11. The summed E-state index contributed by atoms with van der Waals surface area (Å²) in [5.74, 6) is 5.69. The number of halogens is 1. The topological polar surface area (TPSA) is 38.0 Å². The van der Waals surface area contributed by atoms with Gasteiger partial charge in [0.05, 0.1) is 6.04 Å². The monoisotopic (exact) mass is 310 g/mol. The third-order valence-corrected chi connectivity index (χ3v) is 4.43. The third kappa shape index (κ3) is 2.77. The van der Waals surface area contributed by atoms with Crippen LogP contribution in [-0.2, 0) is 0 Å². The van der Waals surface area contributed by atoms with Crippen LogP contribution in [0.5, 0.6) is 0 Å². The molecule has 3 N–H and O–H groups in total. The van der Waals surface area contributed by atoms with Crippen molar-refractivity contribution in [2.24, 2.45) is 5.84 Å². The Morgan fingerprint density at radius 3 is 2.53 bits per heavy atom. The quantitative estimate of drug-likeness (QED) is 0.670. The van der Waals surface area contributed by atoms with Crippen LogP contribution in [0.2, 0.25) is 0 Å². The van der Waals surface area contributed by atoms with E-state index >= 15 is 0 Å². The van der Waals surface area contributed by atoms with E-state index in [1.165, 1.54) is 20.9 Å². The van der Waals surface area contributed by atoms with E-state index in [0.29, 0.717) is 0 Å². The van der Waals surface area contributed by atoms with Gasteiger partial charge < -0.3 is 0 Å². The largest absolute Gasteiger partial charge is 0.271 e. The van der Waals surface area contributed by atoms with Crippen LogP contribution >= 0.6 is 27.3 Å². The maximum atomic E-state index is 5.69. The fourth-order valence-electron chi connectivity index (χ4n) is 1.80. The van der Waals surface area contributed by atoms with Crippen molar-refractivity contribution >= 4 is 27.3 Å². The van der Waals surface area contributed by atoms with Gasteiger partial charge in [-0.25, -0.2) is 5.43 Å². The minimum Gasteiger partial charge on any atom is -0.271 e. The second-order valence-electron chi connectivity index (χ2n) is 4.07. The molecule has 2 aromatic rings. The normalized spacial score (nSPS) is 12.7. The van der Waals surface area contributed by atoms with Crippen LogP contribution in [0.25, 0.3) is 0 Å². The lowest BCUT2D eigenvalue weighted by Gasteiger charge is -2.16. The maximum absolute atomic E-state index is 5.69. The SMILES string of the molecule is Cc1ccc(C(NN)c2ccc(C)s2)c(Br)c1. The van der Waals surface area contributed by atoms with Crippen molar-refractivity contribution in [1.82, 2.24) is 5.43 Å². The summed E-state index contributed by atoms with van der Waals surface area (Å²) in [5, 5.41) is 0. The van der Waals surface area contributed by atoms with Crippen LogP contribution in [0, 0.1) is 13.8 Å². The highest BCUT2D eigenvalue weighted by Crippen LogP contribution is 2.32. The molecule has 90 valence electrons. The number of hydrogen-bond donors (Lipinski definition) is 2. The van der Waals surface area contributed by atoms with Crippen molar-refractivity contribution in [3.05, 3.63) is 55.7 Å². The number of nitrogens with one attached hydrogen (secondary N) is 1. The lowest BCUT2D eigenvalue weighted by atomic mass is 10.0. The summed E-state index contributed by atoms with van der Waals surface area (Å²) in [6, 6.07) is 10.6. The number of hydrazine groups is 1. The zero-order valence-corrected chi connectivity index (χ0v) is 12.2. The number of rotatable bonds is 3. The standard InChI is InChI=1S/C13H15BrN2S/c1-8-3-5-10(11(14)7-8)13(16-15)12-6-4-9(2)17-12/h3-7,13,16H,15H2,1-2H3. The van der Waals surface area contributed by atoms with Crippen molar-refractivity contribution in [2.75, 3.05) is 0 Å². The predicted octanol–water partition coefficient (Wildman–Crippen LogP) is 3.68. The van der Waals surface area contributed by atoms with Gasteiger partial charge in [0, 0.05) is 14.2 Å². The summed E-state index contributed by atoms with van der Waals surface area (Å²) in [6.07, 6.45) is 0. The Morgan fingerprint density at radius 1 is 1.24 bits per heavy atom. The highest BCUT2D eigenvalue weighted by atomic mass is 79.9. The Bertz CT molecular complexity index is 522. The number of aryl methyl sites for hydroxylation is 2. The molecule has 0 aliphatic carbocycles. The number of nitrogens with two attached hydrogens (primary N) is 1. The van der Waals surface area contributed by atoms with E-state index in [1.807, 2.05) is 0 Å². The Hall–Kier alpha value is -0.680. The maximum Gasteiger partial charge on any atom is 0.0813 e. The van der Waals surface area contributed by atoms with Crippen LogP contribution in [-0.4, -0.2) is 0 Å². The molecule has 0 aliphatic heterocycles. The zero-order valence-electron chi connectivity index (χ0n) is 9.83. The molecule has 1 aromatic carbocycles. The molecule has 0 saturated carbocycles. The molecule has 2 nitrogen and oxygen atoms in total. The van der Waals surface area contributed by atoms with Gasteiger partial charge in [-0.05, 0) is 43.2 Å². The number of thiophene rings is 1. The van der Waals surface area contributed by atoms with E-state index in [0.717, 1.165) is 4.47 Å². The summed E-state index contributed by atoms with van der Waals surface area (Å²) in [5.41, 5.74) is 5.29. The first-order valence-corrected chi connectivity index (χ1v) is 7.01. The molecule has 17 heavy (non-hydrogen) atoms. The van der Waals surface area contributed by atoms with Gasteiger partial charge in [0.1, 0.15) is 0 Å². The van der Waals surface area contributed by atoms with Gasteiger partial charge in [-0.15, -0.1) is 11.3 Å². The van der Waals surface area contributed by atoms with Crippen molar-refractivity contribution in [3.63, 3.8) is 0 Å². The van der Waals surface area contributed by atoms with Crippen molar-refractivity contribution in [2.45, 2.75) is 19.9 Å². The minimum atomic E-state index is 0.0451. The summed E-state index contributed by atoms with van der Waals surface area (Å²) in [4.78, 5) is 2.53. The van der Waals surface area contributed by atoms with E-state index in [-0.39, 0.29) is 6.04 Å². The van der Waals surface area contributed by atoms with E-state index in [9.17, 15) is 0 Å². The van der Waals surface area contributed by atoms with Gasteiger partial charge in [0.15, 0.2) is 0 Å². The third-order valence-electron chi connectivity index (χ3n) is 2.68. The van der Waals surface area contributed by atoms with Gasteiger partial charge in [-0.2, -0.15) is 0 Å². The summed E-state index contributed by atoms with van der Waals surface area (Å²) in [6.45, 7) is 4.18. The highest BCUT2D eigenvalue weighted by molar-refractivity contribution is 9.10. The molecular weight excluding hydrogens is 296 g/mol. The Balaban J connectivity index is 2.42. The molecule has 0 bridgehead atoms. The molecule has 0 spiro atoms. The average molecular weight is 311 g/mol. The fourth-order valence-corrected chi connectivity index (χ4v) is 3.48. The molecule has 1 heterocycles. The molecule has 0 saturated heterocycles. The zero-order chi connectivity index (χ0) is 12.4. The van der Waals surface area contributed by atoms with Gasteiger partial charge >= 0.3 is 0 Å². The van der Waals surface area contributed by atoms with Gasteiger partial charge in [-0.1, -0.05) is 28.1 Å². The molecule has 1 aromatic heterocycles. The molecule has 0 aliphatic rings. The summed E-state index contributed by atoms with van der Waals surface area (Å²) in [7, 11) is 0. The van der Waals surface area contributed by atoms with Crippen LogP contribution in [0.3, 0.4) is 0 Å². The molecule has 2 rings (SSSR count). The fraction of sp³-hybridized carbons (Fsp3) is 0.231. The average Bonchev–Trinajstić information content (AvgIpc) is 2.69. The highest BCUT2D eigenvalue weighted by Gasteiger charge is 2.16. The Labute approximate surface area is 114 Å². The summed E-state index contributed by atoms with van der Waals surface area (Å²) >= 11 is 5.37. The summed E-state index contributed by atoms with van der Waals surface area (Å²) < 4.78 is 1.09. The molecule has 1 atom stereocenters. The van der Waals surface area contributed by atoms with E-state index in [1.54, 1.807) is 11.3 Å². The smallest absolute Gasteiger partial charge is 0.0813 e. The first-order valence-electron chi connectivity index (χ1n) is 5.40.